The third kappa shape index (κ3) is 3.93. The van der Waals surface area contributed by atoms with Crippen LogP contribution < -0.4 is 5.32 Å². The molecule has 1 aliphatic carbocycles. The fraction of sp³-hybridized carbons (Fsp3) is 0.600. The summed E-state index contributed by atoms with van der Waals surface area (Å²) < 4.78 is 27.4. The van der Waals surface area contributed by atoms with Crippen molar-refractivity contribution in [3.8, 4) is 0 Å². The third-order valence-electron chi connectivity index (χ3n) is 5.87. The largest absolute Gasteiger partial charge is 0.353 e. The van der Waals surface area contributed by atoms with Gasteiger partial charge in [-0.3, -0.25) is 9.59 Å². The quantitative estimate of drug-likeness (QED) is 0.801. The minimum Gasteiger partial charge on any atom is -0.353 e. The Bertz CT molecular complexity index is 838. The summed E-state index contributed by atoms with van der Waals surface area (Å²) in [6.07, 6.45) is 4.82. The summed E-state index contributed by atoms with van der Waals surface area (Å²) in [5.41, 5.74) is 0. The molecule has 4 rings (SSSR count). The van der Waals surface area contributed by atoms with Gasteiger partial charge in [0.2, 0.25) is 21.8 Å². The van der Waals surface area contributed by atoms with Crippen LogP contribution in [0.3, 0.4) is 0 Å². The lowest BCUT2D eigenvalue weighted by Crippen LogP contribution is -2.52. The smallest absolute Gasteiger partial charge is 0.243 e. The highest BCUT2D eigenvalue weighted by Crippen LogP contribution is 2.29. The first-order chi connectivity index (χ1) is 13.5. The highest BCUT2D eigenvalue weighted by molar-refractivity contribution is 7.89. The van der Waals surface area contributed by atoms with E-state index in [2.05, 4.69) is 5.32 Å². The van der Waals surface area contributed by atoms with Crippen LogP contribution in [0.5, 0.6) is 0 Å². The Kier molecular flexibility index (Phi) is 5.42. The number of nitrogens with zero attached hydrogens (tertiary/aromatic N) is 2. The summed E-state index contributed by atoms with van der Waals surface area (Å²) in [4.78, 5) is 27.5. The first kappa shape index (κ1) is 19.4. The van der Waals surface area contributed by atoms with E-state index in [1.54, 1.807) is 35.2 Å². The molecule has 152 valence electrons. The number of carbonyl (C=O) groups excluding carboxylic acids is 2. The Morgan fingerprint density at radius 3 is 2.39 bits per heavy atom. The van der Waals surface area contributed by atoms with E-state index in [1.807, 2.05) is 0 Å². The van der Waals surface area contributed by atoms with Gasteiger partial charge in [-0.1, -0.05) is 18.2 Å². The van der Waals surface area contributed by atoms with Gasteiger partial charge in [0.25, 0.3) is 0 Å². The van der Waals surface area contributed by atoms with Gasteiger partial charge in [-0.05, 0) is 50.7 Å². The van der Waals surface area contributed by atoms with Crippen LogP contribution in [0.4, 0.5) is 0 Å². The van der Waals surface area contributed by atoms with Crippen LogP contribution in [0.1, 0.15) is 38.5 Å². The first-order valence-electron chi connectivity index (χ1n) is 10.1. The maximum atomic E-state index is 13.2. The van der Waals surface area contributed by atoms with Crippen LogP contribution in [0.2, 0.25) is 0 Å². The van der Waals surface area contributed by atoms with Gasteiger partial charge in [-0.15, -0.1) is 0 Å². The van der Waals surface area contributed by atoms with E-state index in [0.717, 1.165) is 25.7 Å². The van der Waals surface area contributed by atoms with Crippen molar-refractivity contribution in [3.05, 3.63) is 30.3 Å². The summed E-state index contributed by atoms with van der Waals surface area (Å²) >= 11 is 0. The monoisotopic (exact) mass is 405 g/mol. The SMILES string of the molecule is O=C(NC1CC1)C1CCCN(C(=O)C2CCCN2S(=O)(=O)c2ccccc2)C1. The zero-order valence-corrected chi connectivity index (χ0v) is 16.7. The molecule has 2 unspecified atom stereocenters. The molecule has 7 nitrogen and oxygen atoms in total. The molecule has 2 aliphatic heterocycles. The second-order valence-corrected chi connectivity index (χ2v) is 9.88. The van der Waals surface area contributed by atoms with Crippen molar-refractivity contribution in [2.24, 2.45) is 5.92 Å². The number of likely N-dealkylation sites (tertiary alicyclic amines) is 1. The van der Waals surface area contributed by atoms with Crippen LogP contribution in [0.25, 0.3) is 0 Å². The molecule has 1 N–H and O–H groups in total. The Morgan fingerprint density at radius 2 is 1.68 bits per heavy atom. The van der Waals surface area contributed by atoms with E-state index >= 15 is 0 Å². The van der Waals surface area contributed by atoms with Gasteiger partial charge in [0, 0.05) is 25.7 Å². The average molecular weight is 406 g/mol. The maximum Gasteiger partial charge on any atom is 0.243 e. The summed E-state index contributed by atoms with van der Waals surface area (Å²) in [7, 11) is -3.70. The van der Waals surface area contributed by atoms with Crippen molar-refractivity contribution in [2.75, 3.05) is 19.6 Å². The molecule has 2 amide bonds. The molecular formula is C20H27N3O4S. The summed E-state index contributed by atoms with van der Waals surface area (Å²) in [5, 5.41) is 3.02. The van der Waals surface area contributed by atoms with Gasteiger partial charge in [-0.25, -0.2) is 8.42 Å². The van der Waals surface area contributed by atoms with Crippen molar-refractivity contribution in [1.29, 1.82) is 0 Å². The number of piperidine rings is 1. The molecule has 1 aromatic carbocycles. The molecule has 3 aliphatic rings. The van der Waals surface area contributed by atoms with Crippen molar-refractivity contribution >= 4 is 21.8 Å². The highest BCUT2D eigenvalue weighted by Gasteiger charge is 2.42. The second kappa shape index (κ2) is 7.83. The van der Waals surface area contributed by atoms with E-state index in [4.69, 9.17) is 0 Å². The van der Waals surface area contributed by atoms with Gasteiger partial charge in [0.05, 0.1) is 10.8 Å². The fourth-order valence-electron chi connectivity index (χ4n) is 4.15. The second-order valence-electron chi connectivity index (χ2n) is 7.99. The predicted octanol–water partition coefficient (Wildman–Crippen LogP) is 1.36. The van der Waals surface area contributed by atoms with E-state index in [9.17, 15) is 18.0 Å². The minimum absolute atomic E-state index is 0.0279. The van der Waals surface area contributed by atoms with E-state index < -0.39 is 16.1 Å². The standard InChI is InChI=1S/C20H27N3O4S/c24-19(21-16-10-11-16)15-6-4-12-22(14-15)20(25)18-9-5-13-23(18)28(26,27)17-7-2-1-3-8-17/h1-3,7-8,15-16,18H,4-6,9-14H2,(H,21,24). The van der Waals surface area contributed by atoms with Gasteiger partial charge >= 0.3 is 0 Å². The van der Waals surface area contributed by atoms with Gasteiger partial charge in [0.15, 0.2) is 0 Å². The summed E-state index contributed by atoms with van der Waals surface area (Å²) in [5.74, 6) is -0.333. The lowest BCUT2D eigenvalue weighted by Gasteiger charge is -2.35. The number of hydrogen-bond acceptors (Lipinski definition) is 4. The number of carbonyl (C=O) groups is 2. The number of sulfonamides is 1. The van der Waals surface area contributed by atoms with Crippen molar-refractivity contribution in [1.82, 2.24) is 14.5 Å². The van der Waals surface area contributed by atoms with E-state index in [1.165, 1.54) is 4.31 Å². The number of nitrogens with one attached hydrogen (secondary N) is 1. The predicted molar refractivity (Wildman–Crippen MR) is 104 cm³/mol. The molecule has 0 spiro atoms. The molecule has 1 saturated carbocycles. The summed E-state index contributed by atoms with van der Waals surface area (Å²) in [6.45, 7) is 1.32. The lowest BCUT2D eigenvalue weighted by atomic mass is 9.96. The van der Waals surface area contributed by atoms with Crippen LogP contribution >= 0.6 is 0 Å². The van der Waals surface area contributed by atoms with Crippen molar-refractivity contribution in [3.63, 3.8) is 0 Å². The van der Waals surface area contributed by atoms with Gasteiger partial charge in [-0.2, -0.15) is 4.31 Å². The number of amides is 2. The van der Waals surface area contributed by atoms with E-state index in [0.29, 0.717) is 38.5 Å². The molecule has 1 aromatic rings. The lowest BCUT2D eigenvalue weighted by molar-refractivity contribution is -0.138. The molecule has 2 heterocycles. The van der Waals surface area contributed by atoms with Crippen LogP contribution in [-0.4, -0.2) is 61.2 Å². The maximum absolute atomic E-state index is 13.2. The fourth-order valence-corrected chi connectivity index (χ4v) is 5.82. The Morgan fingerprint density at radius 1 is 0.964 bits per heavy atom. The average Bonchev–Trinajstić information content (AvgIpc) is 3.39. The molecule has 2 atom stereocenters. The Hall–Kier alpha value is -1.93. The summed E-state index contributed by atoms with van der Waals surface area (Å²) in [6, 6.07) is 7.91. The zero-order chi connectivity index (χ0) is 19.7. The van der Waals surface area contributed by atoms with Gasteiger partial charge in [0.1, 0.15) is 6.04 Å². The normalized spacial score (nSPS) is 26.2. The molecular weight excluding hydrogens is 378 g/mol. The Labute approximate surface area is 166 Å². The van der Waals surface area contributed by atoms with Crippen LogP contribution in [0, 0.1) is 5.92 Å². The van der Waals surface area contributed by atoms with Crippen LogP contribution in [-0.2, 0) is 19.6 Å². The van der Waals surface area contributed by atoms with Gasteiger partial charge < -0.3 is 10.2 Å². The highest BCUT2D eigenvalue weighted by atomic mass is 32.2. The molecule has 28 heavy (non-hydrogen) atoms. The van der Waals surface area contributed by atoms with Crippen molar-refractivity contribution < 1.29 is 18.0 Å². The molecule has 0 radical (unpaired) electrons. The molecule has 8 heteroatoms. The third-order valence-corrected chi connectivity index (χ3v) is 7.79. The zero-order valence-electron chi connectivity index (χ0n) is 15.9. The Balaban J connectivity index is 1.46. The minimum atomic E-state index is -3.70. The molecule has 2 saturated heterocycles. The molecule has 3 fully saturated rings. The number of rotatable bonds is 5. The topological polar surface area (TPSA) is 86.8 Å². The first-order valence-corrected chi connectivity index (χ1v) is 11.6. The number of benzene rings is 1. The molecule has 0 aromatic heterocycles. The van der Waals surface area contributed by atoms with Crippen molar-refractivity contribution in [2.45, 2.75) is 55.5 Å². The van der Waals surface area contributed by atoms with E-state index in [-0.39, 0.29) is 22.6 Å². The van der Waals surface area contributed by atoms with Crippen LogP contribution in [0.15, 0.2) is 35.2 Å². The number of hydrogen-bond donors (Lipinski definition) is 1. The molecule has 0 bridgehead atoms.